The summed E-state index contributed by atoms with van der Waals surface area (Å²) in [5.74, 6) is 0.309. The van der Waals surface area contributed by atoms with Gasteiger partial charge >= 0.3 is 5.69 Å². The number of nitrogens with one attached hydrogen (secondary N) is 1. The zero-order valence-electron chi connectivity index (χ0n) is 11.6. The van der Waals surface area contributed by atoms with Crippen LogP contribution in [0.4, 0.5) is 5.69 Å². The topological polar surface area (TPSA) is 81.5 Å². The van der Waals surface area contributed by atoms with Crippen LogP contribution in [0.15, 0.2) is 12.1 Å². The van der Waals surface area contributed by atoms with Gasteiger partial charge in [-0.15, -0.1) is 0 Å². The van der Waals surface area contributed by atoms with Crippen LogP contribution in [0.25, 0.3) is 0 Å². The largest absolute Gasteiger partial charge is 0.490 e. The minimum atomic E-state index is -0.421. The Labute approximate surface area is 117 Å². The van der Waals surface area contributed by atoms with E-state index in [0.29, 0.717) is 12.2 Å². The lowest BCUT2D eigenvalue weighted by molar-refractivity contribution is -0.385. The number of hydrogen-bond donors (Lipinski definition) is 1. The minimum absolute atomic E-state index is 0.00391. The Balaban J connectivity index is 2.37. The summed E-state index contributed by atoms with van der Waals surface area (Å²) in [5.41, 5.74) is 1.92. The normalized spacial score (nSPS) is 17.8. The monoisotopic (exact) mass is 278 g/mol. The van der Waals surface area contributed by atoms with E-state index in [9.17, 15) is 14.9 Å². The lowest BCUT2D eigenvalue weighted by atomic mass is 9.99. The van der Waals surface area contributed by atoms with Gasteiger partial charge < -0.3 is 10.1 Å². The molecule has 1 atom stereocenters. The number of methoxy groups -OCH3 is 1. The number of nitro groups is 1. The SMILES string of the molecule is COc1c([N+](=O)[O-])ccc2c1CCC[C@H](NC(C)=O)C2. The fraction of sp³-hybridized carbons (Fsp3) is 0.500. The maximum absolute atomic E-state index is 11.2. The summed E-state index contributed by atoms with van der Waals surface area (Å²) in [6.07, 6.45) is 3.15. The zero-order valence-corrected chi connectivity index (χ0v) is 11.6. The molecule has 0 saturated carbocycles. The Morgan fingerprint density at radius 1 is 1.50 bits per heavy atom. The van der Waals surface area contributed by atoms with E-state index in [1.807, 2.05) is 0 Å². The molecule has 20 heavy (non-hydrogen) atoms. The molecule has 0 saturated heterocycles. The van der Waals surface area contributed by atoms with Crippen molar-refractivity contribution < 1.29 is 14.5 Å². The van der Waals surface area contributed by atoms with Gasteiger partial charge in [0, 0.05) is 24.6 Å². The van der Waals surface area contributed by atoms with Crippen molar-refractivity contribution in [1.82, 2.24) is 5.32 Å². The molecule has 1 amide bonds. The number of benzene rings is 1. The van der Waals surface area contributed by atoms with Crippen LogP contribution >= 0.6 is 0 Å². The summed E-state index contributed by atoms with van der Waals surface area (Å²) in [6, 6.07) is 3.34. The van der Waals surface area contributed by atoms with Crippen LogP contribution in [-0.4, -0.2) is 24.0 Å². The Morgan fingerprint density at radius 3 is 2.85 bits per heavy atom. The van der Waals surface area contributed by atoms with E-state index >= 15 is 0 Å². The second-order valence-electron chi connectivity index (χ2n) is 5.01. The molecule has 1 aromatic rings. The predicted molar refractivity (Wildman–Crippen MR) is 73.9 cm³/mol. The highest BCUT2D eigenvalue weighted by atomic mass is 16.6. The number of hydrogen-bond acceptors (Lipinski definition) is 4. The lowest BCUT2D eigenvalue weighted by Gasteiger charge is -2.16. The van der Waals surface area contributed by atoms with Crippen LogP contribution in [0.3, 0.4) is 0 Å². The van der Waals surface area contributed by atoms with Crippen molar-refractivity contribution in [3.63, 3.8) is 0 Å². The molecule has 0 radical (unpaired) electrons. The van der Waals surface area contributed by atoms with E-state index in [1.165, 1.54) is 20.1 Å². The first-order valence-corrected chi connectivity index (χ1v) is 6.63. The van der Waals surface area contributed by atoms with Crippen molar-refractivity contribution >= 4 is 11.6 Å². The highest BCUT2D eigenvalue weighted by Crippen LogP contribution is 2.36. The molecule has 0 unspecified atom stereocenters. The molecule has 0 spiro atoms. The third-order valence-corrected chi connectivity index (χ3v) is 3.59. The van der Waals surface area contributed by atoms with E-state index in [-0.39, 0.29) is 17.6 Å². The number of carbonyl (C=O) groups is 1. The summed E-state index contributed by atoms with van der Waals surface area (Å²) < 4.78 is 5.25. The standard InChI is InChI=1S/C14H18N2O4/c1-9(17)15-11-4-3-5-12-10(8-11)6-7-13(16(18)19)14(12)20-2/h6-7,11H,3-5,8H2,1-2H3,(H,15,17)/t11-/m0/s1. The molecule has 0 aliphatic heterocycles. The van der Waals surface area contributed by atoms with E-state index < -0.39 is 4.92 Å². The number of carbonyl (C=O) groups excluding carboxylic acids is 1. The molecule has 1 N–H and O–H groups in total. The fourth-order valence-corrected chi connectivity index (χ4v) is 2.80. The molecule has 1 aliphatic rings. The van der Waals surface area contributed by atoms with Crippen molar-refractivity contribution in [1.29, 1.82) is 0 Å². The highest BCUT2D eigenvalue weighted by Gasteiger charge is 2.25. The first-order chi connectivity index (χ1) is 9.52. The number of rotatable bonds is 3. The quantitative estimate of drug-likeness (QED) is 0.521. The fourth-order valence-electron chi connectivity index (χ4n) is 2.80. The molecule has 6 nitrogen and oxygen atoms in total. The van der Waals surface area contributed by atoms with Gasteiger partial charge in [-0.25, -0.2) is 0 Å². The van der Waals surface area contributed by atoms with E-state index in [4.69, 9.17) is 4.74 Å². The van der Waals surface area contributed by atoms with Crippen LogP contribution in [0, 0.1) is 10.1 Å². The van der Waals surface area contributed by atoms with Gasteiger partial charge in [0.1, 0.15) is 0 Å². The van der Waals surface area contributed by atoms with Gasteiger partial charge in [0.15, 0.2) is 5.75 Å². The number of ether oxygens (including phenoxy) is 1. The van der Waals surface area contributed by atoms with Crippen LogP contribution in [-0.2, 0) is 17.6 Å². The smallest absolute Gasteiger partial charge is 0.311 e. The average Bonchev–Trinajstić information content (AvgIpc) is 2.57. The Morgan fingerprint density at radius 2 is 2.25 bits per heavy atom. The maximum Gasteiger partial charge on any atom is 0.311 e. The summed E-state index contributed by atoms with van der Waals surface area (Å²) in [4.78, 5) is 21.8. The second kappa shape index (κ2) is 5.90. The summed E-state index contributed by atoms with van der Waals surface area (Å²) in [5, 5.41) is 14.0. The molecule has 0 aromatic heterocycles. The molecule has 0 heterocycles. The van der Waals surface area contributed by atoms with Gasteiger partial charge in [0.25, 0.3) is 0 Å². The Bertz CT molecular complexity index is 542. The van der Waals surface area contributed by atoms with Crippen LogP contribution < -0.4 is 10.1 Å². The highest BCUT2D eigenvalue weighted by molar-refractivity contribution is 5.73. The van der Waals surface area contributed by atoms with Crippen LogP contribution in [0.2, 0.25) is 0 Å². The van der Waals surface area contributed by atoms with Crippen molar-refractivity contribution in [2.24, 2.45) is 0 Å². The van der Waals surface area contributed by atoms with Gasteiger partial charge in [0.2, 0.25) is 5.91 Å². The third kappa shape index (κ3) is 2.89. The summed E-state index contributed by atoms with van der Waals surface area (Å²) in [7, 11) is 1.46. The molecule has 1 aromatic carbocycles. The van der Waals surface area contributed by atoms with E-state index in [2.05, 4.69) is 5.32 Å². The van der Waals surface area contributed by atoms with E-state index in [0.717, 1.165) is 30.4 Å². The van der Waals surface area contributed by atoms with Crippen molar-refractivity contribution in [2.75, 3.05) is 7.11 Å². The number of nitrogens with zero attached hydrogens (tertiary/aromatic N) is 1. The van der Waals surface area contributed by atoms with Crippen molar-refractivity contribution in [3.8, 4) is 5.75 Å². The molecule has 1 aliphatic carbocycles. The van der Waals surface area contributed by atoms with Crippen molar-refractivity contribution in [2.45, 2.75) is 38.6 Å². The van der Waals surface area contributed by atoms with Gasteiger partial charge in [0.05, 0.1) is 12.0 Å². The van der Waals surface area contributed by atoms with Gasteiger partial charge in [-0.2, -0.15) is 0 Å². The third-order valence-electron chi connectivity index (χ3n) is 3.59. The average molecular weight is 278 g/mol. The van der Waals surface area contributed by atoms with Gasteiger partial charge in [-0.05, 0) is 31.2 Å². The molecule has 2 rings (SSSR count). The van der Waals surface area contributed by atoms with Gasteiger partial charge in [-0.3, -0.25) is 14.9 Å². The Hall–Kier alpha value is -2.11. The molecular weight excluding hydrogens is 260 g/mol. The van der Waals surface area contributed by atoms with E-state index in [1.54, 1.807) is 6.07 Å². The lowest BCUT2D eigenvalue weighted by Crippen LogP contribution is -2.34. The first kappa shape index (κ1) is 14.3. The molecule has 0 fully saturated rings. The first-order valence-electron chi connectivity index (χ1n) is 6.63. The maximum atomic E-state index is 11.2. The molecule has 6 heteroatoms. The van der Waals surface area contributed by atoms with Crippen molar-refractivity contribution in [3.05, 3.63) is 33.4 Å². The summed E-state index contributed by atoms with van der Waals surface area (Å²) >= 11 is 0. The van der Waals surface area contributed by atoms with Gasteiger partial charge in [-0.1, -0.05) is 6.07 Å². The zero-order chi connectivity index (χ0) is 14.7. The number of fused-ring (bicyclic) bond motifs is 1. The minimum Gasteiger partial charge on any atom is -0.490 e. The number of nitro benzene ring substituents is 1. The van der Waals surface area contributed by atoms with Crippen LogP contribution in [0.5, 0.6) is 5.75 Å². The molecular formula is C14H18N2O4. The molecule has 108 valence electrons. The Kier molecular flexibility index (Phi) is 4.22. The number of amides is 1. The second-order valence-corrected chi connectivity index (χ2v) is 5.01. The summed E-state index contributed by atoms with van der Waals surface area (Å²) in [6.45, 7) is 1.50. The van der Waals surface area contributed by atoms with Crippen LogP contribution in [0.1, 0.15) is 30.9 Å². The molecule has 0 bridgehead atoms. The predicted octanol–water partition coefficient (Wildman–Crippen LogP) is 1.99.